The molecule has 2 atom stereocenters. The minimum atomic E-state index is -4.14. The Morgan fingerprint density at radius 2 is 1.00 bits per heavy atom. The van der Waals surface area contributed by atoms with Crippen LogP contribution in [0.1, 0.15) is 0 Å². The number of hydrogen-bond donors (Lipinski definition) is 0. The van der Waals surface area contributed by atoms with Crippen LogP contribution < -0.4 is 0 Å². The maximum atomic E-state index is 12.2. The van der Waals surface area contributed by atoms with Crippen molar-refractivity contribution in [2.24, 2.45) is 0 Å². The smallest absolute Gasteiger partial charge is 0.237 e. The molecule has 0 heterocycles. The average molecular weight is 190 g/mol. The molecule has 6 heteroatoms. The molecule has 0 fully saturated rings. The summed E-state index contributed by atoms with van der Waals surface area (Å²) in [4.78, 5) is 0. The standard InChI is InChI=1S/C6H4F6/c7-3-4(8)6(11,12)2-1-5(3,9)10/h1-4H. The van der Waals surface area contributed by atoms with Gasteiger partial charge in [0.05, 0.1) is 0 Å². The first-order valence-corrected chi connectivity index (χ1v) is 3.01. The summed E-state index contributed by atoms with van der Waals surface area (Å²) in [6, 6.07) is 0. The minimum Gasteiger partial charge on any atom is -0.237 e. The average Bonchev–Trinajstić information content (AvgIpc) is 1.96. The van der Waals surface area contributed by atoms with Crippen molar-refractivity contribution in [3.05, 3.63) is 12.2 Å². The van der Waals surface area contributed by atoms with E-state index in [0.29, 0.717) is 0 Å². The molecule has 0 spiro atoms. The van der Waals surface area contributed by atoms with Crippen LogP contribution in [0.25, 0.3) is 0 Å². The lowest BCUT2D eigenvalue weighted by Crippen LogP contribution is -2.48. The van der Waals surface area contributed by atoms with Crippen LogP contribution >= 0.6 is 0 Å². The third kappa shape index (κ3) is 1.30. The Morgan fingerprint density at radius 1 is 0.750 bits per heavy atom. The van der Waals surface area contributed by atoms with Crippen LogP contribution in [0.4, 0.5) is 26.3 Å². The first-order valence-electron chi connectivity index (χ1n) is 3.01. The van der Waals surface area contributed by atoms with Gasteiger partial charge in [0, 0.05) is 0 Å². The molecule has 0 N–H and O–H groups in total. The summed E-state index contributed by atoms with van der Waals surface area (Å²) in [6.07, 6.45) is -7.57. The lowest BCUT2D eigenvalue weighted by Gasteiger charge is -2.29. The molecular formula is C6H4F6. The normalized spacial score (nSPS) is 38.2. The molecule has 0 nitrogen and oxygen atoms in total. The van der Waals surface area contributed by atoms with E-state index in [2.05, 4.69) is 0 Å². The summed E-state index contributed by atoms with van der Waals surface area (Å²) >= 11 is 0. The van der Waals surface area contributed by atoms with Crippen molar-refractivity contribution in [1.29, 1.82) is 0 Å². The Labute approximate surface area is 63.9 Å². The zero-order valence-electron chi connectivity index (χ0n) is 5.58. The monoisotopic (exact) mass is 190 g/mol. The third-order valence-corrected chi connectivity index (χ3v) is 1.52. The Balaban J connectivity index is 2.99. The van der Waals surface area contributed by atoms with Gasteiger partial charge in [-0.2, -0.15) is 17.6 Å². The van der Waals surface area contributed by atoms with Crippen LogP contribution in [0.2, 0.25) is 0 Å². The topological polar surface area (TPSA) is 0 Å². The Kier molecular flexibility index (Phi) is 1.88. The van der Waals surface area contributed by atoms with Gasteiger partial charge in [-0.1, -0.05) is 0 Å². The minimum absolute atomic E-state index is 0.312. The number of rotatable bonds is 0. The van der Waals surface area contributed by atoms with Crippen LogP contribution in [0, 0.1) is 0 Å². The van der Waals surface area contributed by atoms with Crippen molar-refractivity contribution < 1.29 is 26.3 Å². The molecule has 0 aromatic rings. The largest absolute Gasteiger partial charge is 0.300 e. The molecule has 0 saturated heterocycles. The van der Waals surface area contributed by atoms with Crippen molar-refractivity contribution in [2.45, 2.75) is 24.2 Å². The van der Waals surface area contributed by atoms with E-state index >= 15 is 0 Å². The molecule has 0 aromatic carbocycles. The van der Waals surface area contributed by atoms with Crippen LogP contribution in [-0.4, -0.2) is 24.2 Å². The van der Waals surface area contributed by atoms with E-state index in [9.17, 15) is 26.3 Å². The van der Waals surface area contributed by atoms with Gasteiger partial charge in [0.25, 0.3) is 11.8 Å². The number of halogens is 6. The molecule has 2 unspecified atom stereocenters. The summed E-state index contributed by atoms with van der Waals surface area (Å²) < 4.78 is 73.0. The third-order valence-electron chi connectivity index (χ3n) is 1.52. The summed E-state index contributed by atoms with van der Waals surface area (Å²) in [5.41, 5.74) is 0. The Bertz CT molecular complexity index is 186. The van der Waals surface area contributed by atoms with Gasteiger partial charge in [0.1, 0.15) is 0 Å². The van der Waals surface area contributed by atoms with E-state index < -0.39 is 24.2 Å². The predicted molar refractivity (Wildman–Crippen MR) is 28.8 cm³/mol. The summed E-state index contributed by atoms with van der Waals surface area (Å²) in [7, 11) is 0. The highest BCUT2D eigenvalue weighted by Crippen LogP contribution is 2.40. The van der Waals surface area contributed by atoms with Crippen LogP contribution in [0.15, 0.2) is 12.2 Å². The summed E-state index contributed by atoms with van der Waals surface area (Å²) in [5, 5.41) is 0. The summed E-state index contributed by atoms with van der Waals surface area (Å²) in [5.74, 6) is -8.28. The predicted octanol–water partition coefficient (Wildman–Crippen LogP) is 2.50. The quantitative estimate of drug-likeness (QED) is 0.406. The number of hydrogen-bond acceptors (Lipinski definition) is 0. The number of allylic oxidation sites excluding steroid dienone is 2. The lowest BCUT2D eigenvalue weighted by molar-refractivity contribution is -0.140. The van der Waals surface area contributed by atoms with Crippen LogP contribution in [0.5, 0.6) is 0 Å². The fourth-order valence-electron chi connectivity index (χ4n) is 0.796. The van der Waals surface area contributed by atoms with E-state index in [-0.39, 0.29) is 12.2 Å². The highest BCUT2D eigenvalue weighted by Gasteiger charge is 2.57. The highest BCUT2D eigenvalue weighted by molar-refractivity contribution is 5.16. The maximum Gasteiger partial charge on any atom is 0.300 e. The van der Waals surface area contributed by atoms with Crippen molar-refractivity contribution in [2.75, 3.05) is 0 Å². The van der Waals surface area contributed by atoms with Gasteiger partial charge in [0.15, 0.2) is 0 Å². The van der Waals surface area contributed by atoms with Gasteiger partial charge in [0.2, 0.25) is 12.3 Å². The zero-order chi connectivity index (χ0) is 9.57. The molecule has 1 aliphatic rings. The molecule has 0 saturated carbocycles. The van der Waals surface area contributed by atoms with Gasteiger partial charge < -0.3 is 0 Å². The number of alkyl halides is 6. The van der Waals surface area contributed by atoms with Crippen molar-refractivity contribution in [3.8, 4) is 0 Å². The van der Waals surface area contributed by atoms with Gasteiger partial charge in [-0.05, 0) is 12.2 Å². The van der Waals surface area contributed by atoms with Gasteiger partial charge >= 0.3 is 0 Å². The second-order valence-corrected chi connectivity index (χ2v) is 2.49. The Morgan fingerprint density at radius 3 is 1.25 bits per heavy atom. The molecule has 12 heavy (non-hydrogen) atoms. The Hall–Kier alpha value is -0.680. The fraction of sp³-hybridized carbons (Fsp3) is 0.667. The molecule has 0 aromatic heterocycles. The van der Waals surface area contributed by atoms with E-state index in [1.54, 1.807) is 0 Å². The molecule has 0 aliphatic heterocycles. The molecular weight excluding hydrogens is 186 g/mol. The maximum absolute atomic E-state index is 12.2. The van der Waals surface area contributed by atoms with Gasteiger partial charge in [-0.25, -0.2) is 8.78 Å². The van der Waals surface area contributed by atoms with E-state index in [1.165, 1.54) is 0 Å². The van der Waals surface area contributed by atoms with Crippen LogP contribution in [0.3, 0.4) is 0 Å². The van der Waals surface area contributed by atoms with E-state index in [0.717, 1.165) is 0 Å². The SMILES string of the molecule is FC1C(F)C(F)(F)C=CC1(F)F. The van der Waals surface area contributed by atoms with Crippen LogP contribution in [-0.2, 0) is 0 Å². The van der Waals surface area contributed by atoms with Crippen molar-refractivity contribution in [1.82, 2.24) is 0 Å². The first-order chi connectivity index (χ1) is 5.27. The second-order valence-electron chi connectivity index (χ2n) is 2.49. The molecule has 70 valence electrons. The second kappa shape index (κ2) is 2.40. The highest BCUT2D eigenvalue weighted by atomic mass is 19.3. The molecule has 1 aliphatic carbocycles. The first kappa shape index (κ1) is 9.41. The zero-order valence-corrected chi connectivity index (χ0v) is 5.58. The van der Waals surface area contributed by atoms with Gasteiger partial charge in [-0.3, -0.25) is 0 Å². The lowest BCUT2D eigenvalue weighted by atomic mass is 9.97. The van der Waals surface area contributed by atoms with E-state index in [4.69, 9.17) is 0 Å². The van der Waals surface area contributed by atoms with Crippen molar-refractivity contribution >= 4 is 0 Å². The van der Waals surface area contributed by atoms with Crippen molar-refractivity contribution in [3.63, 3.8) is 0 Å². The molecule has 0 amide bonds. The molecule has 1 rings (SSSR count). The fourth-order valence-corrected chi connectivity index (χ4v) is 0.796. The molecule has 0 bridgehead atoms. The summed E-state index contributed by atoms with van der Waals surface area (Å²) in [6.45, 7) is 0. The van der Waals surface area contributed by atoms with Gasteiger partial charge in [-0.15, -0.1) is 0 Å². The van der Waals surface area contributed by atoms with E-state index in [1.807, 2.05) is 0 Å². The molecule has 0 radical (unpaired) electrons.